The minimum absolute atomic E-state index is 0.175. The molecular weight excluding hydrogens is 130 g/mol. The number of amides is 1. The molecule has 0 aromatic carbocycles. The Balaban J connectivity index is 2.25. The van der Waals surface area contributed by atoms with E-state index in [0.717, 1.165) is 25.1 Å². The van der Waals surface area contributed by atoms with Gasteiger partial charge in [0.25, 0.3) is 0 Å². The van der Waals surface area contributed by atoms with Crippen LogP contribution in [0.2, 0.25) is 0 Å². The number of rotatable bonds is 0. The molecule has 0 aliphatic carbocycles. The summed E-state index contributed by atoms with van der Waals surface area (Å²) >= 11 is 0. The Labute approximate surface area is 59.3 Å². The highest BCUT2D eigenvalue weighted by molar-refractivity contribution is 5.73. The maximum atomic E-state index is 10.9. The first kappa shape index (κ1) is 5.77. The van der Waals surface area contributed by atoms with E-state index in [1.807, 2.05) is 0 Å². The normalized spacial score (nSPS) is 23.8. The van der Waals surface area contributed by atoms with Gasteiger partial charge in [-0.1, -0.05) is 6.08 Å². The van der Waals surface area contributed by atoms with Crippen molar-refractivity contribution in [3.05, 3.63) is 11.8 Å². The van der Waals surface area contributed by atoms with Gasteiger partial charge < -0.3 is 4.74 Å². The van der Waals surface area contributed by atoms with Gasteiger partial charge in [0, 0.05) is 6.54 Å². The molecule has 0 N–H and O–H groups in total. The van der Waals surface area contributed by atoms with Crippen LogP contribution in [0.15, 0.2) is 11.8 Å². The molecule has 0 aromatic rings. The van der Waals surface area contributed by atoms with Crippen molar-refractivity contribution in [3.63, 3.8) is 0 Å². The van der Waals surface area contributed by atoms with Crippen molar-refractivity contribution in [1.82, 2.24) is 4.90 Å². The number of hydrogen-bond acceptors (Lipinski definition) is 2. The first-order valence-electron chi connectivity index (χ1n) is 3.51. The zero-order chi connectivity index (χ0) is 6.97. The molecule has 0 spiro atoms. The standard InChI is InChI=1S/C7H9NO2/c9-7-8-4-2-1-3-6(8)5-10-7/h3H,1-2,4-5H2. The van der Waals surface area contributed by atoms with Crippen LogP contribution >= 0.6 is 0 Å². The highest BCUT2D eigenvalue weighted by Crippen LogP contribution is 2.21. The van der Waals surface area contributed by atoms with E-state index in [4.69, 9.17) is 4.74 Å². The summed E-state index contributed by atoms with van der Waals surface area (Å²) in [4.78, 5) is 12.6. The topological polar surface area (TPSA) is 29.5 Å². The molecule has 1 saturated heterocycles. The molecule has 2 rings (SSSR count). The molecule has 3 heteroatoms. The molecule has 0 radical (unpaired) electrons. The number of carbonyl (C=O) groups is 1. The zero-order valence-electron chi connectivity index (χ0n) is 5.67. The minimum Gasteiger partial charge on any atom is -0.443 e. The number of hydrogen-bond donors (Lipinski definition) is 0. The van der Waals surface area contributed by atoms with Crippen LogP contribution in [0.4, 0.5) is 4.79 Å². The van der Waals surface area contributed by atoms with E-state index in [1.165, 1.54) is 0 Å². The van der Waals surface area contributed by atoms with Gasteiger partial charge in [-0.3, -0.25) is 4.90 Å². The van der Waals surface area contributed by atoms with Gasteiger partial charge >= 0.3 is 6.09 Å². The van der Waals surface area contributed by atoms with Gasteiger partial charge in [0.1, 0.15) is 6.61 Å². The van der Waals surface area contributed by atoms with E-state index in [-0.39, 0.29) is 6.09 Å². The lowest BCUT2D eigenvalue weighted by Gasteiger charge is -2.17. The van der Waals surface area contributed by atoms with Crippen LogP contribution in [0.3, 0.4) is 0 Å². The van der Waals surface area contributed by atoms with Crippen molar-refractivity contribution in [3.8, 4) is 0 Å². The molecule has 2 aliphatic heterocycles. The molecule has 1 amide bonds. The van der Waals surface area contributed by atoms with Crippen LogP contribution in [-0.4, -0.2) is 24.1 Å². The molecule has 2 aliphatic rings. The van der Waals surface area contributed by atoms with Gasteiger partial charge in [-0.05, 0) is 12.8 Å². The number of nitrogens with zero attached hydrogens (tertiary/aromatic N) is 1. The molecule has 1 fully saturated rings. The van der Waals surface area contributed by atoms with Crippen molar-refractivity contribution < 1.29 is 9.53 Å². The van der Waals surface area contributed by atoms with Crippen molar-refractivity contribution in [2.75, 3.05) is 13.2 Å². The lowest BCUT2D eigenvalue weighted by atomic mass is 10.2. The third-order valence-electron chi connectivity index (χ3n) is 1.88. The Morgan fingerprint density at radius 2 is 2.50 bits per heavy atom. The summed E-state index contributed by atoms with van der Waals surface area (Å²) < 4.78 is 4.82. The number of allylic oxidation sites excluding steroid dienone is 1. The van der Waals surface area contributed by atoms with Crippen molar-refractivity contribution in [2.45, 2.75) is 12.8 Å². The second-order valence-corrected chi connectivity index (χ2v) is 2.54. The Kier molecular flexibility index (Phi) is 1.16. The fourth-order valence-electron chi connectivity index (χ4n) is 1.33. The van der Waals surface area contributed by atoms with E-state index < -0.39 is 0 Å². The average molecular weight is 139 g/mol. The minimum atomic E-state index is -0.175. The second kappa shape index (κ2) is 2.01. The number of carbonyl (C=O) groups excluding carboxylic acids is 1. The molecule has 54 valence electrons. The number of cyclic esters (lactones) is 1. The molecule has 0 bridgehead atoms. The highest BCUT2D eigenvalue weighted by atomic mass is 16.6. The highest BCUT2D eigenvalue weighted by Gasteiger charge is 2.28. The van der Waals surface area contributed by atoms with Crippen LogP contribution in [0.25, 0.3) is 0 Å². The lowest BCUT2D eigenvalue weighted by molar-refractivity contribution is 0.158. The zero-order valence-corrected chi connectivity index (χ0v) is 5.67. The van der Waals surface area contributed by atoms with Crippen molar-refractivity contribution >= 4 is 6.09 Å². The van der Waals surface area contributed by atoms with E-state index in [9.17, 15) is 4.79 Å². The Morgan fingerprint density at radius 1 is 1.60 bits per heavy atom. The van der Waals surface area contributed by atoms with Gasteiger partial charge in [0.15, 0.2) is 0 Å². The molecule has 0 unspecified atom stereocenters. The molecular formula is C7H9NO2. The van der Waals surface area contributed by atoms with Crippen LogP contribution in [-0.2, 0) is 4.74 Å². The molecule has 0 aromatic heterocycles. The predicted molar refractivity (Wildman–Crippen MR) is 35.4 cm³/mol. The summed E-state index contributed by atoms with van der Waals surface area (Å²) in [5.74, 6) is 0. The van der Waals surface area contributed by atoms with E-state index >= 15 is 0 Å². The van der Waals surface area contributed by atoms with E-state index in [0.29, 0.717) is 6.61 Å². The van der Waals surface area contributed by atoms with Crippen LogP contribution in [0, 0.1) is 0 Å². The monoisotopic (exact) mass is 139 g/mol. The Hall–Kier alpha value is -0.990. The Bertz CT molecular complexity index is 198. The van der Waals surface area contributed by atoms with Gasteiger partial charge in [-0.2, -0.15) is 0 Å². The van der Waals surface area contributed by atoms with Crippen LogP contribution < -0.4 is 0 Å². The first-order chi connectivity index (χ1) is 4.88. The lowest BCUT2D eigenvalue weighted by Crippen LogP contribution is -2.26. The largest absolute Gasteiger partial charge is 0.443 e. The third-order valence-corrected chi connectivity index (χ3v) is 1.88. The summed E-state index contributed by atoms with van der Waals surface area (Å²) in [7, 11) is 0. The maximum Gasteiger partial charge on any atom is 0.414 e. The summed E-state index contributed by atoms with van der Waals surface area (Å²) in [6, 6.07) is 0. The summed E-state index contributed by atoms with van der Waals surface area (Å²) in [5.41, 5.74) is 1.05. The quantitative estimate of drug-likeness (QED) is 0.503. The summed E-state index contributed by atoms with van der Waals surface area (Å²) in [5, 5.41) is 0. The van der Waals surface area contributed by atoms with Crippen LogP contribution in [0.5, 0.6) is 0 Å². The summed E-state index contributed by atoms with van der Waals surface area (Å²) in [6.07, 6.45) is 4.06. The molecule has 0 saturated carbocycles. The number of fused-ring (bicyclic) bond motifs is 1. The first-order valence-corrected chi connectivity index (χ1v) is 3.51. The van der Waals surface area contributed by atoms with Gasteiger partial charge in [-0.25, -0.2) is 4.79 Å². The van der Waals surface area contributed by atoms with Gasteiger partial charge in [0.05, 0.1) is 5.70 Å². The molecule has 3 nitrogen and oxygen atoms in total. The second-order valence-electron chi connectivity index (χ2n) is 2.54. The van der Waals surface area contributed by atoms with Gasteiger partial charge in [0.2, 0.25) is 0 Å². The number of ether oxygens (including phenoxy) is 1. The van der Waals surface area contributed by atoms with Gasteiger partial charge in [-0.15, -0.1) is 0 Å². The SMILES string of the molecule is O=C1OCC2=CCCCN12. The average Bonchev–Trinajstić information content (AvgIpc) is 2.34. The van der Waals surface area contributed by atoms with Crippen molar-refractivity contribution in [2.24, 2.45) is 0 Å². The fourth-order valence-corrected chi connectivity index (χ4v) is 1.33. The maximum absolute atomic E-state index is 10.9. The van der Waals surface area contributed by atoms with Crippen molar-refractivity contribution in [1.29, 1.82) is 0 Å². The van der Waals surface area contributed by atoms with E-state index in [2.05, 4.69) is 6.08 Å². The molecule has 10 heavy (non-hydrogen) atoms. The van der Waals surface area contributed by atoms with E-state index in [1.54, 1.807) is 4.90 Å². The fraction of sp³-hybridized carbons (Fsp3) is 0.571. The smallest absolute Gasteiger partial charge is 0.414 e. The third kappa shape index (κ3) is 0.701. The van der Waals surface area contributed by atoms with Crippen LogP contribution in [0.1, 0.15) is 12.8 Å². The Morgan fingerprint density at radius 3 is 3.30 bits per heavy atom. The predicted octanol–water partition coefficient (Wildman–Crippen LogP) is 1.12. The summed E-state index contributed by atoms with van der Waals surface area (Å²) in [6.45, 7) is 1.32. The molecule has 2 heterocycles. The molecule has 0 atom stereocenters.